The van der Waals surface area contributed by atoms with Crippen LogP contribution < -0.4 is 9.64 Å². The average molecular weight is 368 g/mol. The molecular weight excluding hydrogens is 340 g/mol. The van der Waals surface area contributed by atoms with Gasteiger partial charge in [-0.25, -0.2) is 0 Å². The molecule has 0 bridgehead atoms. The minimum absolute atomic E-state index is 0.0194. The van der Waals surface area contributed by atoms with E-state index in [9.17, 15) is 9.90 Å². The third kappa shape index (κ3) is 4.73. The lowest BCUT2D eigenvalue weighted by Gasteiger charge is -2.36. The van der Waals surface area contributed by atoms with Crippen molar-refractivity contribution in [1.82, 2.24) is 4.90 Å². The molecule has 0 unspecified atom stereocenters. The summed E-state index contributed by atoms with van der Waals surface area (Å²) in [6.07, 6.45) is 0. The van der Waals surface area contributed by atoms with Crippen LogP contribution in [-0.4, -0.2) is 48.7 Å². The molecule has 1 saturated heterocycles. The maximum atomic E-state index is 12.5. The van der Waals surface area contributed by atoms with Gasteiger partial charge in [-0.15, -0.1) is 0 Å². The number of rotatable bonds is 5. The molecule has 144 valence electrons. The summed E-state index contributed by atoms with van der Waals surface area (Å²) in [7, 11) is 0. The lowest BCUT2D eigenvalue weighted by atomic mass is 9.98. The van der Waals surface area contributed by atoms with Gasteiger partial charge in [-0.05, 0) is 60.4 Å². The zero-order chi connectivity index (χ0) is 19.4. The van der Waals surface area contributed by atoms with Gasteiger partial charge in [-0.1, -0.05) is 19.9 Å². The van der Waals surface area contributed by atoms with Gasteiger partial charge in [-0.2, -0.15) is 0 Å². The molecule has 0 spiro atoms. The molecule has 2 aromatic rings. The molecule has 1 N–H and O–H groups in total. The number of benzene rings is 2. The Kier molecular flexibility index (Phi) is 5.89. The lowest BCUT2D eigenvalue weighted by molar-refractivity contribution is -0.133. The number of hydrogen-bond donors (Lipinski definition) is 1. The maximum Gasteiger partial charge on any atom is 0.260 e. The summed E-state index contributed by atoms with van der Waals surface area (Å²) in [6, 6.07) is 13.2. The number of nitrogens with zero attached hydrogens (tertiary/aromatic N) is 2. The van der Waals surface area contributed by atoms with Crippen molar-refractivity contribution in [2.24, 2.45) is 0 Å². The van der Waals surface area contributed by atoms with E-state index in [4.69, 9.17) is 4.74 Å². The first-order chi connectivity index (χ1) is 12.9. The SMILES string of the molecule is Cc1cc(OCC(=O)N2CCN(c3ccc(O)cc3)CC2)ccc1C(C)C. The second-order valence-corrected chi connectivity index (χ2v) is 7.35. The first kappa shape index (κ1) is 19.1. The average Bonchev–Trinajstić information content (AvgIpc) is 2.66. The number of anilines is 1. The minimum Gasteiger partial charge on any atom is -0.508 e. The number of hydrogen-bond acceptors (Lipinski definition) is 4. The molecule has 27 heavy (non-hydrogen) atoms. The highest BCUT2D eigenvalue weighted by Crippen LogP contribution is 2.24. The van der Waals surface area contributed by atoms with Crippen LogP contribution in [0.1, 0.15) is 30.9 Å². The first-order valence-electron chi connectivity index (χ1n) is 9.49. The maximum absolute atomic E-state index is 12.5. The van der Waals surface area contributed by atoms with Crippen molar-refractivity contribution in [2.45, 2.75) is 26.7 Å². The fourth-order valence-electron chi connectivity index (χ4n) is 3.50. The molecule has 1 aliphatic rings. The molecule has 1 fully saturated rings. The molecule has 1 amide bonds. The van der Waals surface area contributed by atoms with Crippen LogP contribution in [-0.2, 0) is 4.79 Å². The Hall–Kier alpha value is -2.69. The molecule has 0 aliphatic carbocycles. The van der Waals surface area contributed by atoms with E-state index in [-0.39, 0.29) is 18.3 Å². The molecule has 1 aliphatic heterocycles. The highest BCUT2D eigenvalue weighted by Gasteiger charge is 2.21. The van der Waals surface area contributed by atoms with Crippen LogP contribution in [0, 0.1) is 6.92 Å². The van der Waals surface area contributed by atoms with E-state index >= 15 is 0 Å². The van der Waals surface area contributed by atoms with Gasteiger partial charge in [0.1, 0.15) is 11.5 Å². The number of aryl methyl sites for hydroxylation is 1. The Bertz CT molecular complexity index is 779. The third-order valence-electron chi connectivity index (χ3n) is 5.07. The Morgan fingerprint density at radius 3 is 2.33 bits per heavy atom. The molecular formula is C22H28N2O3. The standard InChI is InChI=1S/C22H28N2O3/c1-16(2)21-9-8-20(14-17(21)3)27-15-22(26)24-12-10-23(11-13-24)18-4-6-19(25)7-5-18/h4-9,14,16,25H,10-13,15H2,1-3H3. The normalized spacial score (nSPS) is 14.5. The summed E-state index contributed by atoms with van der Waals surface area (Å²) < 4.78 is 5.73. The monoisotopic (exact) mass is 368 g/mol. The van der Waals surface area contributed by atoms with Crippen LogP contribution in [0.4, 0.5) is 5.69 Å². The van der Waals surface area contributed by atoms with E-state index in [0.717, 1.165) is 24.5 Å². The molecule has 1 heterocycles. The molecule has 0 atom stereocenters. The minimum atomic E-state index is 0.0194. The highest BCUT2D eigenvalue weighted by atomic mass is 16.5. The van der Waals surface area contributed by atoms with Crippen LogP contribution >= 0.6 is 0 Å². The van der Waals surface area contributed by atoms with Crippen molar-refractivity contribution in [3.05, 3.63) is 53.6 Å². The van der Waals surface area contributed by atoms with Crippen LogP contribution in [0.15, 0.2) is 42.5 Å². The molecule has 5 heteroatoms. The van der Waals surface area contributed by atoms with Gasteiger partial charge in [0.05, 0.1) is 0 Å². The number of carbonyl (C=O) groups excluding carboxylic acids is 1. The first-order valence-corrected chi connectivity index (χ1v) is 9.49. The highest BCUT2D eigenvalue weighted by molar-refractivity contribution is 5.78. The number of carbonyl (C=O) groups is 1. The van der Waals surface area contributed by atoms with Gasteiger partial charge in [0.25, 0.3) is 5.91 Å². The number of ether oxygens (including phenoxy) is 1. The number of phenols is 1. The van der Waals surface area contributed by atoms with Crippen LogP contribution in [0.3, 0.4) is 0 Å². The number of piperazine rings is 1. The zero-order valence-electron chi connectivity index (χ0n) is 16.3. The topological polar surface area (TPSA) is 53.0 Å². The van der Waals surface area contributed by atoms with Gasteiger partial charge in [-0.3, -0.25) is 4.79 Å². The predicted octanol–water partition coefficient (Wildman–Crippen LogP) is 3.55. The number of aromatic hydroxyl groups is 1. The molecule has 0 radical (unpaired) electrons. The van der Waals surface area contributed by atoms with Crippen molar-refractivity contribution < 1.29 is 14.6 Å². The largest absolute Gasteiger partial charge is 0.508 e. The molecule has 5 nitrogen and oxygen atoms in total. The predicted molar refractivity (Wildman–Crippen MR) is 108 cm³/mol. The van der Waals surface area contributed by atoms with Crippen LogP contribution in [0.5, 0.6) is 11.5 Å². The summed E-state index contributed by atoms with van der Waals surface area (Å²) in [6.45, 7) is 9.39. The summed E-state index contributed by atoms with van der Waals surface area (Å²) >= 11 is 0. The van der Waals surface area contributed by atoms with Crippen molar-refractivity contribution in [3.8, 4) is 11.5 Å². The van der Waals surface area contributed by atoms with E-state index in [1.54, 1.807) is 12.1 Å². The fraction of sp³-hybridized carbons (Fsp3) is 0.409. The Morgan fingerprint density at radius 2 is 1.74 bits per heavy atom. The van der Waals surface area contributed by atoms with Crippen molar-refractivity contribution >= 4 is 11.6 Å². The summed E-state index contributed by atoms with van der Waals surface area (Å²) in [5.74, 6) is 1.51. The van der Waals surface area contributed by atoms with Crippen molar-refractivity contribution in [1.29, 1.82) is 0 Å². The summed E-state index contributed by atoms with van der Waals surface area (Å²) in [5.41, 5.74) is 3.56. The zero-order valence-corrected chi connectivity index (χ0v) is 16.3. The molecule has 0 aromatic heterocycles. The van der Waals surface area contributed by atoms with E-state index < -0.39 is 0 Å². The van der Waals surface area contributed by atoms with E-state index in [1.807, 2.05) is 29.2 Å². The lowest BCUT2D eigenvalue weighted by Crippen LogP contribution is -2.50. The van der Waals surface area contributed by atoms with Crippen molar-refractivity contribution in [2.75, 3.05) is 37.7 Å². The van der Waals surface area contributed by atoms with Gasteiger partial charge in [0, 0.05) is 31.9 Å². The summed E-state index contributed by atoms with van der Waals surface area (Å²) in [4.78, 5) is 16.5. The second kappa shape index (κ2) is 8.33. The summed E-state index contributed by atoms with van der Waals surface area (Å²) in [5, 5.41) is 9.40. The van der Waals surface area contributed by atoms with E-state index in [0.29, 0.717) is 19.0 Å². The smallest absolute Gasteiger partial charge is 0.260 e. The van der Waals surface area contributed by atoms with Gasteiger partial charge >= 0.3 is 0 Å². The van der Waals surface area contributed by atoms with Gasteiger partial charge < -0.3 is 19.6 Å². The number of phenolic OH excluding ortho intramolecular Hbond substituents is 1. The second-order valence-electron chi connectivity index (χ2n) is 7.35. The third-order valence-corrected chi connectivity index (χ3v) is 5.07. The van der Waals surface area contributed by atoms with Gasteiger partial charge in [0.15, 0.2) is 6.61 Å². The van der Waals surface area contributed by atoms with Crippen LogP contribution in [0.2, 0.25) is 0 Å². The molecule has 0 saturated carbocycles. The Balaban J connectivity index is 1.49. The Morgan fingerprint density at radius 1 is 1.07 bits per heavy atom. The van der Waals surface area contributed by atoms with E-state index in [2.05, 4.69) is 31.7 Å². The van der Waals surface area contributed by atoms with E-state index in [1.165, 1.54) is 11.1 Å². The fourth-order valence-corrected chi connectivity index (χ4v) is 3.50. The van der Waals surface area contributed by atoms with Crippen LogP contribution in [0.25, 0.3) is 0 Å². The van der Waals surface area contributed by atoms with Gasteiger partial charge in [0.2, 0.25) is 0 Å². The molecule has 3 rings (SSSR count). The quantitative estimate of drug-likeness (QED) is 0.877. The van der Waals surface area contributed by atoms with Crippen molar-refractivity contribution in [3.63, 3.8) is 0 Å². The Labute approximate surface area is 161 Å². The number of amides is 1. The molecule has 2 aromatic carbocycles.